The molecule has 0 bridgehead atoms. The van der Waals surface area contributed by atoms with Crippen LogP contribution in [0.3, 0.4) is 0 Å². The molecular formula is C18H37N5. The van der Waals surface area contributed by atoms with Gasteiger partial charge in [0, 0.05) is 59.4 Å². The maximum atomic E-state index is 4.42. The molecule has 0 aromatic carbocycles. The summed E-state index contributed by atoms with van der Waals surface area (Å²) in [5.74, 6) is 1.01. The summed E-state index contributed by atoms with van der Waals surface area (Å²) in [4.78, 5) is 11.6. The number of allylic oxidation sites excluding steroid dienone is 1. The average Bonchev–Trinajstić information content (AvgIpc) is 2.55. The Kier molecular flexibility index (Phi) is 9.96. The molecule has 0 saturated carbocycles. The van der Waals surface area contributed by atoms with Gasteiger partial charge >= 0.3 is 0 Å². The van der Waals surface area contributed by atoms with Gasteiger partial charge in [-0.3, -0.25) is 9.89 Å². The Labute approximate surface area is 143 Å². The molecule has 5 nitrogen and oxygen atoms in total. The molecule has 0 spiro atoms. The first-order valence-electron chi connectivity index (χ1n) is 9.03. The zero-order valence-corrected chi connectivity index (χ0v) is 15.7. The zero-order chi connectivity index (χ0) is 17.1. The fourth-order valence-electron chi connectivity index (χ4n) is 2.94. The lowest BCUT2D eigenvalue weighted by atomic mass is 10.2. The fourth-order valence-corrected chi connectivity index (χ4v) is 2.94. The van der Waals surface area contributed by atoms with E-state index in [4.69, 9.17) is 0 Å². The van der Waals surface area contributed by atoms with E-state index in [0.717, 1.165) is 38.6 Å². The van der Waals surface area contributed by atoms with Crippen molar-refractivity contribution in [2.45, 2.75) is 38.6 Å². The van der Waals surface area contributed by atoms with Gasteiger partial charge in [-0.25, -0.2) is 0 Å². The summed E-state index contributed by atoms with van der Waals surface area (Å²) in [6.45, 7) is 12.8. The van der Waals surface area contributed by atoms with Crippen molar-refractivity contribution < 1.29 is 0 Å². The molecule has 5 heteroatoms. The molecule has 0 aliphatic carbocycles. The molecule has 1 N–H and O–H groups in total. The standard InChI is InChI=1S/C18H37N5/c1-6-7-8-9-10-11-22(5)18(19-3)20-16-17(2)23-14-12-21(4)13-15-23/h6,17H,1,7-16H2,2-5H3,(H,19,20). The summed E-state index contributed by atoms with van der Waals surface area (Å²) in [5.41, 5.74) is 0. The Morgan fingerprint density at radius 3 is 2.57 bits per heavy atom. The van der Waals surface area contributed by atoms with E-state index in [1.165, 1.54) is 32.4 Å². The number of nitrogens with zero attached hydrogens (tertiary/aromatic N) is 4. The molecule has 1 aliphatic rings. The van der Waals surface area contributed by atoms with Crippen LogP contribution in [0.2, 0.25) is 0 Å². The van der Waals surface area contributed by atoms with Gasteiger partial charge in [0.2, 0.25) is 0 Å². The monoisotopic (exact) mass is 323 g/mol. The number of aliphatic imine (C=N–C) groups is 1. The number of likely N-dealkylation sites (N-methyl/N-ethyl adjacent to an activating group) is 1. The van der Waals surface area contributed by atoms with Gasteiger partial charge in [0.25, 0.3) is 0 Å². The van der Waals surface area contributed by atoms with E-state index in [2.05, 4.69) is 52.6 Å². The zero-order valence-electron chi connectivity index (χ0n) is 15.7. The van der Waals surface area contributed by atoms with Crippen LogP contribution < -0.4 is 5.32 Å². The Hall–Kier alpha value is -1.07. The predicted octanol–water partition coefficient (Wildman–Crippen LogP) is 1.88. The summed E-state index contributed by atoms with van der Waals surface area (Å²) in [6, 6.07) is 0.543. The van der Waals surface area contributed by atoms with E-state index in [0.29, 0.717) is 6.04 Å². The van der Waals surface area contributed by atoms with Crippen LogP contribution in [0.4, 0.5) is 0 Å². The van der Waals surface area contributed by atoms with Crippen molar-refractivity contribution in [3.63, 3.8) is 0 Å². The molecule has 134 valence electrons. The third-order valence-electron chi connectivity index (χ3n) is 4.69. The van der Waals surface area contributed by atoms with Crippen LogP contribution >= 0.6 is 0 Å². The number of guanidine groups is 1. The lowest BCUT2D eigenvalue weighted by Crippen LogP contribution is -2.52. The predicted molar refractivity (Wildman–Crippen MR) is 101 cm³/mol. The first-order valence-corrected chi connectivity index (χ1v) is 9.03. The number of rotatable bonds is 9. The summed E-state index contributed by atoms with van der Waals surface area (Å²) in [6.07, 6.45) is 6.83. The molecule has 1 atom stereocenters. The third kappa shape index (κ3) is 7.84. The lowest BCUT2D eigenvalue weighted by Gasteiger charge is -2.37. The molecule has 1 unspecified atom stereocenters. The number of unbranched alkanes of at least 4 members (excludes halogenated alkanes) is 3. The molecule has 1 aliphatic heterocycles. The largest absolute Gasteiger partial charge is 0.355 e. The van der Waals surface area contributed by atoms with Crippen molar-refractivity contribution in [3.8, 4) is 0 Å². The topological polar surface area (TPSA) is 34.1 Å². The van der Waals surface area contributed by atoms with Crippen molar-refractivity contribution in [2.75, 3.05) is 60.4 Å². The highest BCUT2D eigenvalue weighted by Gasteiger charge is 2.19. The highest BCUT2D eigenvalue weighted by molar-refractivity contribution is 5.79. The fraction of sp³-hybridized carbons (Fsp3) is 0.833. The maximum absolute atomic E-state index is 4.42. The minimum absolute atomic E-state index is 0.543. The van der Waals surface area contributed by atoms with Crippen LogP contribution in [-0.2, 0) is 0 Å². The second kappa shape index (κ2) is 11.5. The van der Waals surface area contributed by atoms with Crippen LogP contribution in [0.25, 0.3) is 0 Å². The summed E-state index contributed by atoms with van der Waals surface area (Å²) < 4.78 is 0. The summed E-state index contributed by atoms with van der Waals surface area (Å²) in [7, 11) is 6.20. The smallest absolute Gasteiger partial charge is 0.193 e. The van der Waals surface area contributed by atoms with Crippen molar-refractivity contribution in [2.24, 2.45) is 4.99 Å². The Morgan fingerprint density at radius 1 is 1.26 bits per heavy atom. The second-order valence-corrected chi connectivity index (χ2v) is 6.68. The van der Waals surface area contributed by atoms with Crippen molar-refractivity contribution in [1.29, 1.82) is 0 Å². The van der Waals surface area contributed by atoms with E-state index in [1.54, 1.807) is 0 Å². The Morgan fingerprint density at radius 2 is 1.96 bits per heavy atom. The third-order valence-corrected chi connectivity index (χ3v) is 4.69. The number of nitrogens with one attached hydrogen (secondary N) is 1. The van der Waals surface area contributed by atoms with Crippen molar-refractivity contribution >= 4 is 5.96 Å². The average molecular weight is 324 g/mol. The van der Waals surface area contributed by atoms with E-state index in [-0.39, 0.29) is 0 Å². The molecular weight excluding hydrogens is 286 g/mol. The SMILES string of the molecule is C=CCCCCCN(C)C(=NC)NCC(C)N1CCN(C)CC1. The van der Waals surface area contributed by atoms with Gasteiger partial charge in [-0.2, -0.15) is 0 Å². The molecule has 23 heavy (non-hydrogen) atoms. The van der Waals surface area contributed by atoms with Gasteiger partial charge in [0.15, 0.2) is 5.96 Å². The molecule has 1 fully saturated rings. The number of hydrogen-bond acceptors (Lipinski definition) is 3. The van der Waals surface area contributed by atoms with Crippen LogP contribution in [0.5, 0.6) is 0 Å². The van der Waals surface area contributed by atoms with E-state index in [1.807, 2.05) is 13.1 Å². The molecule has 0 amide bonds. The van der Waals surface area contributed by atoms with Gasteiger partial charge in [-0.1, -0.05) is 12.5 Å². The number of piperazine rings is 1. The van der Waals surface area contributed by atoms with Crippen LogP contribution in [-0.4, -0.2) is 87.1 Å². The van der Waals surface area contributed by atoms with Gasteiger partial charge < -0.3 is 15.1 Å². The molecule has 0 aromatic heterocycles. The summed E-state index contributed by atoms with van der Waals surface area (Å²) in [5, 5.41) is 3.53. The molecule has 1 saturated heterocycles. The highest BCUT2D eigenvalue weighted by Crippen LogP contribution is 2.05. The second-order valence-electron chi connectivity index (χ2n) is 6.68. The molecule has 1 heterocycles. The van der Waals surface area contributed by atoms with Gasteiger partial charge in [-0.05, 0) is 33.2 Å². The highest BCUT2D eigenvalue weighted by atomic mass is 15.3. The van der Waals surface area contributed by atoms with E-state index >= 15 is 0 Å². The molecule has 1 rings (SSSR count). The minimum atomic E-state index is 0.543. The minimum Gasteiger partial charge on any atom is -0.355 e. The molecule has 0 radical (unpaired) electrons. The van der Waals surface area contributed by atoms with E-state index < -0.39 is 0 Å². The lowest BCUT2D eigenvalue weighted by molar-refractivity contribution is 0.119. The summed E-state index contributed by atoms with van der Waals surface area (Å²) >= 11 is 0. The van der Waals surface area contributed by atoms with Crippen LogP contribution in [0.15, 0.2) is 17.6 Å². The molecule has 0 aromatic rings. The van der Waals surface area contributed by atoms with Crippen molar-refractivity contribution in [3.05, 3.63) is 12.7 Å². The Balaban J connectivity index is 2.25. The normalized spacial score (nSPS) is 18.7. The van der Waals surface area contributed by atoms with Crippen molar-refractivity contribution in [1.82, 2.24) is 20.0 Å². The van der Waals surface area contributed by atoms with Gasteiger partial charge in [-0.15, -0.1) is 6.58 Å². The quantitative estimate of drug-likeness (QED) is 0.304. The maximum Gasteiger partial charge on any atom is 0.193 e. The van der Waals surface area contributed by atoms with Gasteiger partial charge in [0.1, 0.15) is 0 Å². The van der Waals surface area contributed by atoms with Crippen LogP contribution in [0, 0.1) is 0 Å². The van der Waals surface area contributed by atoms with E-state index in [9.17, 15) is 0 Å². The van der Waals surface area contributed by atoms with Gasteiger partial charge in [0.05, 0.1) is 0 Å². The first-order chi connectivity index (χ1) is 11.1. The Bertz CT molecular complexity index is 347. The number of hydrogen-bond donors (Lipinski definition) is 1. The van der Waals surface area contributed by atoms with Crippen LogP contribution in [0.1, 0.15) is 32.6 Å². The first kappa shape index (κ1) is 20.0.